The first-order valence-corrected chi connectivity index (χ1v) is 39.5. The molecular weight excluding hydrogens is 1430 g/mol. The van der Waals surface area contributed by atoms with Gasteiger partial charge in [-0.15, -0.1) is 22.7 Å². The molecule has 0 saturated heterocycles. The summed E-state index contributed by atoms with van der Waals surface area (Å²) in [7, 11) is 0. The highest BCUT2D eigenvalue weighted by molar-refractivity contribution is 9.10. The van der Waals surface area contributed by atoms with Crippen LogP contribution in [0, 0.1) is 20.8 Å². The fourth-order valence-corrected chi connectivity index (χ4v) is 19.2. The molecule has 14 aromatic rings. The second-order valence-corrected chi connectivity index (χ2v) is 37.8. The minimum absolute atomic E-state index is 0.0334. The van der Waals surface area contributed by atoms with Gasteiger partial charge in [-0.1, -0.05) is 232 Å². The van der Waals surface area contributed by atoms with Crippen molar-refractivity contribution in [2.45, 2.75) is 176 Å². The van der Waals surface area contributed by atoms with Crippen molar-refractivity contribution in [3.63, 3.8) is 0 Å². The van der Waals surface area contributed by atoms with Gasteiger partial charge in [0.25, 0.3) is 0 Å². The first kappa shape index (κ1) is 73.3. The summed E-state index contributed by atoms with van der Waals surface area (Å²) in [6.07, 6.45) is 4.83. The Bertz CT molecular complexity index is 5510. The van der Waals surface area contributed by atoms with Gasteiger partial charge < -0.3 is 19.8 Å². The lowest BCUT2D eigenvalue weighted by molar-refractivity contribution is 0.332. The van der Waals surface area contributed by atoms with Crippen molar-refractivity contribution >= 4 is 170 Å². The van der Waals surface area contributed by atoms with Crippen LogP contribution in [0.5, 0.6) is 0 Å². The zero-order valence-electron chi connectivity index (χ0n) is 61.9. The standard InChI is InChI=1S/C45H44Cl2N2S.C25H22ClNS.C15H23N.C6H4BrCl/c1-27-20-36-37(45(7,8)19-18-44(36,5)6)26-39(27)48(31-13-11-12-29(46)22-31)32-23-30(47)24-33(25-32)49-38-17-16-28(43(2,3)4)21-35(38)41-34-14-9-10-15-40(34)50-42(41)49;1-15-11-17(26)14-18(12-15)27-21-10-9-16(25(2,3)4)13-20(21)23-19-7-5-6-8-22(19)28-24(23)27;1-10-8-11-12(9-13(10)16)15(4,5)7-6-14(11,2)3;7-5-2-1-3-6(8)4-5/h9-17,20-26H,18-19H2,1-8H3;5-14H,1-4H3;8-9H,6-7,16H2,1-5H3;1-4H. The van der Waals surface area contributed by atoms with E-state index in [0.29, 0.717) is 15.5 Å². The van der Waals surface area contributed by atoms with Gasteiger partial charge in [0.1, 0.15) is 9.66 Å². The summed E-state index contributed by atoms with van der Waals surface area (Å²) in [6.45, 7) is 39.0. The molecule has 0 unspecified atom stereocenters. The van der Waals surface area contributed by atoms with Crippen LogP contribution >= 0.6 is 85.0 Å². The van der Waals surface area contributed by atoms with Crippen LogP contribution < -0.4 is 10.6 Å². The number of thiophene rings is 2. The van der Waals surface area contributed by atoms with Crippen LogP contribution in [0.1, 0.15) is 173 Å². The molecule has 0 saturated carbocycles. The molecule has 11 heteroatoms. The maximum Gasteiger partial charge on any atom is 0.109 e. The summed E-state index contributed by atoms with van der Waals surface area (Å²) in [6, 6.07) is 69.2. The van der Waals surface area contributed by atoms with Crippen molar-refractivity contribution < 1.29 is 0 Å². The van der Waals surface area contributed by atoms with E-state index in [-0.39, 0.29) is 27.1 Å². The normalized spacial score (nSPS) is 15.2. The largest absolute Gasteiger partial charge is 0.399 e. The van der Waals surface area contributed by atoms with E-state index in [4.69, 9.17) is 52.1 Å². The lowest BCUT2D eigenvalue weighted by Gasteiger charge is -2.43. The molecule has 0 bridgehead atoms. The highest BCUT2D eigenvalue weighted by Crippen LogP contribution is 2.53. The predicted octanol–water partition coefficient (Wildman–Crippen LogP) is 30.0. The zero-order chi connectivity index (χ0) is 73.1. The maximum atomic E-state index is 7.16. The minimum Gasteiger partial charge on any atom is -0.399 e. The molecule has 0 spiro atoms. The third-order valence-corrected chi connectivity index (χ3v) is 25.2. The maximum absolute atomic E-state index is 7.16. The van der Waals surface area contributed by atoms with Gasteiger partial charge in [0.2, 0.25) is 0 Å². The van der Waals surface area contributed by atoms with Gasteiger partial charge >= 0.3 is 0 Å². The molecule has 0 aliphatic heterocycles. The molecule has 0 fully saturated rings. The lowest BCUT2D eigenvalue weighted by Crippen LogP contribution is -2.34. The van der Waals surface area contributed by atoms with Gasteiger partial charge in [-0.25, -0.2) is 0 Å². The Morgan fingerprint density at radius 3 is 1.30 bits per heavy atom. The summed E-state index contributed by atoms with van der Waals surface area (Å²) in [4.78, 5) is 4.85. The number of halogens is 5. The van der Waals surface area contributed by atoms with Crippen LogP contribution in [0.15, 0.2) is 199 Å². The fourth-order valence-electron chi connectivity index (χ4n) is 15.3. The highest BCUT2D eigenvalue weighted by Gasteiger charge is 2.40. The fraction of sp³-hybridized carbons (Fsp3) is 0.297. The topological polar surface area (TPSA) is 39.1 Å². The number of nitrogens with two attached hydrogens (primary N) is 1. The van der Waals surface area contributed by atoms with Gasteiger partial charge in [0.15, 0.2) is 0 Å². The second-order valence-electron chi connectivity index (χ2n) is 33.1. The number of benzene rings is 10. The number of hydrogen-bond donors (Lipinski definition) is 1. The van der Waals surface area contributed by atoms with Gasteiger partial charge in [-0.3, -0.25) is 0 Å². The number of anilines is 4. The van der Waals surface area contributed by atoms with Crippen LogP contribution in [0.25, 0.3) is 73.8 Å². The second kappa shape index (κ2) is 27.5. The number of fused-ring (bicyclic) bond motifs is 12. The number of nitrogens with zero attached hydrogens (tertiary/aromatic N) is 3. The molecule has 0 amide bonds. The van der Waals surface area contributed by atoms with Crippen molar-refractivity contribution in [1.29, 1.82) is 0 Å². The molecule has 2 aliphatic carbocycles. The van der Waals surface area contributed by atoms with E-state index in [1.54, 1.807) is 0 Å². The van der Waals surface area contributed by atoms with E-state index in [9.17, 15) is 0 Å². The van der Waals surface area contributed by atoms with Gasteiger partial charge in [-0.2, -0.15) is 0 Å². The number of nitrogen functional groups attached to an aromatic ring is 1. The average Bonchev–Trinajstić information content (AvgIpc) is 1.51. The smallest absolute Gasteiger partial charge is 0.109 e. The Balaban J connectivity index is 0.000000147. The molecular formula is C91H93BrCl4N4S2. The molecule has 0 atom stereocenters. The van der Waals surface area contributed by atoms with E-state index in [2.05, 4.69) is 299 Å². The van der Waals surface area contributed by atoms with Crippen LogP contribution in [-0.2, 0) is 32.5 Å². The van der Waals surface area contributed by atoms with E-state index in [1.165, 1.54) is 132 Å². The van der Waals surface area contributed by atoms with E-state index >= 15 is 0 Å². The van der Waals surface area contributed by atoms with E-state index in [0.717, 1.165) is 55.1 Å². The Morgan fingerprint density at radius 2 is 0.843 bits per heavy atom. The number of rotatable bonds is 5. The summed E-state index contributed by atoms with van der Waals surface area (Å²) in [5, 5.41) is 10.8. The molecule has 2 aliphatic rings. The van der Waals surface area contributed by atoms with Crippen molar-refractivity contribution in [2.75, 3.05) is 10.6 Å². The Kier molecular flexibility index (Phi) is 19.7. The van der Waals surface area contributed by atoms with Crippen molar-refractivity contribution in [3.05, 3.63) is 269 Å². The Hall–Kier alpha value is -7.04. The van der Waals surface area contributed by atoms with Crippen LogP contribution in [0.3, 0.4) is 0 Å². The quantitative estimate of drug-likeness (QED) is 0.174. The summed E-state index contributed by atoms with van der Waals surface area (Å²) in [5.74, 6) is 0. The minimum atomic E-state index is 0.0334. The van der Waals surface area contributed by atoms with Gasteiger partial charge in [0, 0.05) is 94.7 Å². The predicted molar refractivity (Wildman–Crippen MR) is 454 cm³/mol. The first-order valence-electron chi connectivity index (χ1n) is 35.5. The third-order valence-electron chi connectivity index (χ3n) is 21.5. The van der Waals surface area contributed by atoms with E-state index < -0.39 is 0 Å². The Morgan fingerprint density at radius 1 is 0.412 bits per heavy atom. The summed E-state index contributed by atoms with van der Waals surface area (Å²) < 4.78 is 8.42. The van der Waals surface area contributed by atoms with Crippen molar-refractivity contribution in [1.82, 2.24) is 9.13 Å². The van der Waals surface area contributed by atoms with Crippen LogP contribution in [-0.4, -0.2) is 9.13 Å². The number of hydrogen-bond acceptors (Lipinski definition) is 4. The SMILES string of the molecule is Cc1cc(Cl)cc(-n2c3ccc(C(C)(C)C)cc3c3c4ccccc4sc32)c1.Cc1cc2c(cc1N(c1cccc(Cl)c1)c1cc(Cl)cc(-n3c4ccc(C(C)(C)C)cc4c4c5ccccc5sc43)c1)C(C)(C)CCC2(C)C.Cc1cc2c(cc1N)C(C)(C)CCC2(C)C.Clc1cccc(Br)c1. The Labute approximate surface area is 640 Å². The zero-order valence-corrected chi connectivity index (χ0v) is 68.2. The summed E-state index contributed by atoms with van der Waals surface area (Å²) in [5.41, 5.74) is 27.7. The van der Waals surface area contributed by atoms with Crippen molar-refractivity contribution in [3.8, 4) is 11.4 Å². The van der Waals surface area contributed by atoms with Gasteiger partial charge in [0.05, 0.1) is 16.7 Å². The van der Waals surface area contributed by atoms with E-state index in [1.807, 2.05) is 65.1 Å². The van der Waals surface area contributed by atoms with Crippen molar-refractivity contribution in [2.24, 2.45) is 0 Å². The molecule has 0 radical (unpaired) electrons. The molecule has 4 nitrogen and oxygen atoms in total. The molecule has 16 rings (SSSR count). The first-order chi connectivity index (χ1) is 48.0. The molecule has 102 heavy (non-hydrogen) atoms. The van der Waals surface area contributed by atoms with Gasteiger partial charge in [-0.05, 0) is 250 Å². The highest BCUT2D eigenvalue weighted by atomic mass is 79.9. The summed E-state index contributed by atoms with van der Waals surface area (Å²) >= 11 is 32.9. The number of aryl methyl sites for hydroxylation is 3. The monoisotopic (exact) mass is 1520 g/mol. The molecule has 4 aromatic heterocycles. The number of aromatic nitrogens is 2. The third kappa shape index (κ3) is 14.2. The molecule has 2 N–H and O–H groups in total. The van der Waals surface area contributed by atoms with Crippen LogP contribution in [0.4, 0.5) is 22.7 Å². The lowest BCUT2D eigenvalue weighted by atomic mass is 9.63. The average molecular weight is 1530 g/mol. The molecule has 4 heterocycles. The molecule has 10 aromatic carbocycles. The van der Waals surface area contributed by atoms with Crippen LogP contribution in [0.2, 0.25) is 20.1 Å². The molecule has 524 valence electrons.